The minimum absolute atomic E-state index is 0.244. The molecule has 1 rings (SSSR count). The number of hydrogen-bond donors (Lipinski definition) is 0. The van der Waals surface area contributed by atoms with Gasteiger partial charge in [0.15, 0.2) is 0 Å². The van der Waals surface area contributed by atoms with E-state index in [1.807, 2.05) is 0 Å². The lowest BCUT2D eigenvalue weighted by atomic mass is 10.1. The molecule has 0 saturated heterocycles. The van der Waals surface area contributed by atoms with Gasteiger partial charge >= 0.3 is 5.97 Å². The monoisotopic (exact) mass is 139 g/mol. The first-order valence-electron chi connectivity index (χ1n) is 3.12. The van der Waals surface area contributed by atoms with Crippen LogP contribution < -0.4 is 0 Å². The first kappa shape index (κ1) is 6.99. The fraction of sp³-hybridized carbons (Fsp3) is 0.429. The molecule has 1 heterocycles. The molecule has 0 saturated carbocycles. The van der Waals surface area contributed by atoms with E-state index in [1.165, 1.54) is 7.11 Å². The number of ether oxygens (including phenoxy) is 1. The van der Waals surface area contributed by atoms with Crippen molar-refractivity contribution in [2.24, 2.45) is 4.99 Å². The highest BCUT2D eigenvalue weighted by molar-refractivity contribution is 5.94. The zero-order chi connectivity index (χ0) is 7.40. The Kier molecular flexibility index (Phi) is 2.20. The standard InChI is InChI=1S/C7H9NO2/c1-10-7(9)6-2-4-8-5-3-6/h2,4H,3,5H2,1H3. The Balaban J connectivity index is 2.62. The van der Waals surface area contributed by atoms with Crippen LogP contribution in [-0.2, 0) is 9.53 Å². The SMILES string of the molecule is COC(=O)C1=CC=NCC1. The molecule has 0 aromatic rings. The Morgan fingerprint density at radius 3 is 3.10 bits per heavy atom. The number of esters is 1. The molecule has 0 aromatic heterocycles. The summed E-state index contributed by atoms with van der Waals surface area (Å²) in [6.07, 6.45) is 4.02. The molecule has 3 heteroatoms. The summed E-state index contributed by atoms with van der Waals surface area (Å²) in [4.78, 5) is 14.7. The van der Waals surface area contributed by atoms with Gasteiger partial charge in [0, 0.05) is 18.3 Å². The molecule has 0 atom stereocenters. The maximum Gasteiger partial charge on any atom is 0.333 e. The molecule has 1 aliphatic heterocycles. The van der Waals surface area contributed by atoms with Crippen LogP contribution in [0, 0.1) is 0 Å². The van der Waals surface area contributed by atoms with Gasteiger partial charge in [0.05, 0.1) is 7.11 Å². The number of hydrogen-bond acceptors (Lipinski definition) is 3. The van der Waals surface area contributed by atoms with Crippen molar-refractivity contribution in [3.05, 3.63) is 11.6 Å². The number of carbonyl (C=O) groups excluding carboxylic acids is 1. The third kappa shape index (κ3) is 1.43. The first-order chi connectivity index (χ1) is 4.84. The molecule has 0 aromatic carbocycles. The van der Waals surface area contributed by atoms with Crippen LogP contribution >= 0.6 is 0 Å². The summed E-state index contributed by atoms with van der Waals surface area (Å²) in [7, 11) is 1.38. The van der Waals surface area contributed by atoms with E-state index in [4.69, 9.17) is 0 Å². The van der Waals surface area contributed by atoms with Gasteiger partial charge < -0.3 is 4.74 Å². The van der Waals surface area contributed by atoms with E-state index >= 15 is 0 Å². The third-order valence-electron chi connectivity index (χ3n) is 1.34. The number of dihydropyridines is 1. The minimum Gasteiger partial charge on any atom is -0.466 e. The maximum absolute atomic E-state index is 10.8. The van der Waals surface area contributed by atoms with Gasteiger partial charge in [-0.3, -0.25) is 4.99 Å². The first-order valence-corrected chi connectivity index (χ1v) is 3.12. The second-order valence-electron chi connectivity index (χ2n) is 1.99. The Bertz CT molecular complexity index is 194. The van der Waals surface area contributed by atoms with Gasteiger partial charge in [-0.25, -0.2) is 4.79 Å². The van der Waals surface area contributed by atoms with Gasteiger partial charge in [-0.15, -0.1) is 0 Å². The summed E-state index contributed by atoms with van der Waals surface area (Å²) in [6.45, 7) is 0.695. The van der Waals surface area contributed by atoms with E-state index < -0.39 is 0 Å². The summed E-state index contributed by atoms with van der Waals surface area (Å²) in [6, 6.07) is 0. The summed E-state index contributed by atoms with van der Waals surface area (Å²) in [5, 5.41) is 0. The van der Waals surface area contributed by atoms with Gasteiger partial charge in [0.1, 0.15) is 0 Å². The van der Waals surface area contributed by atoms with Crippen LogP contribution in [0.15, 0.2) is 16.6 Å². The van der Waals surface area contributed by atoms with E-state index in [1.54, 1.807) is 12.3 Å². The number of methoxy groups -OCH3 is 1. The van der Waals surface area contributed by atoms with E-state index in [9.17, 15) is 4.79 Å². The van der Waals surface area contributed by atoms with E-state index in [-0.39, 0.29) is 5.97 Å². The fourth-order valence-corrected chi connectivity index (χ4v) is 0.787. The molecule has 54 valence electrons. The van der Waals surface area contributed by atoms with Crippen LogP contribution in [0.2, 0.25) is 0 Å². The largest absolute Gasteiger partial charge is 0.466 e. The fourth-order valence-electron chi connectivity index (χ4n) is 0.787. The van der Waals surface area contributed by atoms with Gasteiger partial charge in [0.25, 0.3) is 0 Å². The summed E-state index contributed by atoms with van der Waals surface area (Å²) in [5.74, 6) is -0.244. The van der Waals surface area contributed by atoms with Crippen molar-refractivity contribution < 1.29 is 9.53 Å². The number of aliphatic imine (C=N–C) groups is 1. The van der Waals surface area contributed by atoms with Crippen molar-refractivity contribution in [1.82, 2.24) is 0 Å². The van der Waals surface area contributed by atoms with Gasteiger partial charge in [-0.2, -0.15) is 0 Å². The highest BCUT2D eigenvalue weighted by Crippen LogP contribution is 2.05. The van der Waals surface area contributed by atoms with Gasteiger partial charge in [0.2, 0.25) is 0 Å². The number of allylic oxidation sites excluding steroid dienone is 1. The second kappa shape index (κ2) is 3.15. The number of carbonyl (C=O) groups is 1. The van der Waals surface area contributed by atoms with Crippen molar-refractivity contribution in [2.45, 2.75) is 6.42 Å². The average molecular weight is 139 g/mol. The lowest BCUT2D eigenvalue weighted by Gasteiger charge is -2.04. The van der Waals surface area contributed by atoms with Crippen LogP contribution in [0.3, 0.4) is 0 Å². The number of rotatable bonds is 1. The third-order valence-corrected chi connectivity index (χ3v) is 1.34. The van der Waals surface area contributed by atoms with Gasteiger partial charge in [-0.05, 0) is 12.5 Å². The van der Waals surface area contributed by atoms with E-state index in [0.717, 1.165) is 0 Å². The second-order valence-corrected chi connectivity index (χ2v) is 1.99. The molecule has 0 bridgehead atoms. The molecule has 0 fully saturated rings. The molecule has 0 amide bonds. The molecule has 0 N–H and O–H groups in total. The zero-order valence-corrected chi connectivity index (χ0v) is 5.83. The molecule has 10 heavy (non-hydrogen) atoms. The Labute approximate surface area is 59.4 Å². The molecule has 3 nitrogen and oxygen atoms in total. The smallest absolute Gasteiger partial charge is 0.333 e. The zero-order valence-electron chi connectivity index (χ0n) is 5.83. The quantitative estimate of drug-likeness (QED) is 0.498. The Morgan fingerprint density at radius 2 is 2.60 bits per heavy atom. The summed E-state index contributed by atoms with van der Waals surface area (Å²) >= 11 is 0. The highest BCUT2D eigenvalue weighted by atomic mass is 16.5. The number of nitrogens with zero attached hydrogens (tertiary/aromatic N) is 1. The average Bonchev–Trinajstić information content (AvgIpc) is 2.05. The highest BCUT2D eigenvalue weighted by Gasteiger charge is 2.09. The van der Waals surface area contributed by atoms with Crippen molar-refractivity contribution >= 4 is 12.2 Å². The molecular formula is C7H9NO2. The molecule has 0 unspecified atom stereocenters. The molecule has 0 spiro atoms. The van der Waals surface area contributed by atoms with Crippen LogP contribution in [-0.4, -0.2) is 25.8 Å². The predicted octanol–water partition coefficient (Wildman–Crippen LogP) is 0.560. The van der Waals surface area contributed by atoms with Crippen molar-refractivity contribution in [3.63, 3.8) is 0 Å². The van der Waals surface area contributed by atoms with Crippen LogP contribution in [0.5, 0.6) is 0 Å². The normalized spacial score (nSPS) is 16.3. The molecule has 0 radical (unpaired) electrons. The minimum atomic E-state index is -0.244. The molecular weight excluding hydrogens is 130 g/mol. The summed E-state index contributed by atoms with van der Waals surface area (Å²) < 4.78 is 4.52. The van der Waals surface area contributed by atoms with Crippen LogP contribution in [0.1, 0.15) is 6.42 Å². The predicted molar refractivity (Wildman–Crippen MR) is 38.1 cm³/mol. The Morgan fingerprint density at radius 1 is 1.80 bits per heavy atom. The maximum atomic E-state index is 10.8. The molecule has 0 aliphatic carbocycles. The van der Waals surface area contributed by atoms with Crippen LogP contribution in [0.25, 0.3) is 0 Å². The van der Waals surface area contributed by atoms with Crippen molar-refractivity contribution in [2.75, 3.05) is 13.7 Å². The lowest BCUT2D eigenvalue weighted by Crippen LogP contribution is -2.08. The van der Waals surface area contributed by atoms with Crippen molar-refractivity contribution in [1.29, 1.82) is 0 Å². The Hall–Kier alpha value is -1.12. The molecule has 1 aliphatic rings. The van der Waals surface area contributed by atoms with Gasteiger partial charge in [-0.1, -0.05) is 0 Å². The van der Waals surface area contributed by atoms with E-state index in [0.29, 0.717) is 18.5 Å². The van der Waals surface area contributed by atoms with E-state index in [2.05, 4.69) is 9.73 Å². The lowest BCUT2D eigenvalue weighted by molar-refractivity contribution is -0.136. The van der Waals surface area contributed by atoms with Crippen molar-refractivity contribution in [3.8, 4) is 0 Å². The topological polar surface area (TPSA) is 38.7 Å². The summed E-state index contributed by atoms with van der Waals surface area (Å²) in [5.41, 5.74) is 0.706. The van der Waals surface area contributed by atoms with Crippen LogP contribution in [0.4, 0.5) is 0 Å².